The van der Waals surface area contributed by atoms with Crippen LogP contribution in [0.4, 0.5) is 0 Å². The number of ether oxygens (including phenoxy) is 1. The first-order chi connectivity index (χ1) is 8.17. The summed E-state index contributed by atoms with van der Waals surface area (Å²) in [5.74, 6) is 0. The van der Waals surface area contributed by atoms with Gasteiger partial charge in [0, 0.05) is 30.0 Å². The molecule has 1 heterocycles. The molecule has 1 N–H and O–H groups in total. The Bertz CT molecular complexity index is 282. The standard InChI is InChI=1S/C14H25NOS/c1-4-5-9-16-10-8-15-12-14(2,3)13-7-6-11-17-13/h6-7,11,15H,4-5,8-10,12H2,1-3H3. The Kier molecular flexibility index (Phi) is 6.78. The first-order valence-corrected chi connectivity index (χ1v) is 7.37. The van der Waals surface area contributed by atoms with Crippen molar-refractivity contribution in [3.05, 3.63) is 22.4 Å². The zero-order chi connectivity index (χ0) is 12.6. The third-order valence-corrected chi connectivity index (χ3v) is 4.06. The van der Waals surface area contributed by atoms with Gasteiger partial charge in [-0.2, -0.15) is 0 Å². The molecule has 17 heavy (non-hydrogen) atoms. The number of hydrogen-bond donors (Lipinski definition) is 1. The molecule has 0 saturated carbocycles. The van der Waals surface area contributed by atoms with Crippen LogP contribution in [0.25, 0.3) is 0 Å². The van der Waals surface area contributed by atoms with Gasteiger partial charge in [-0.3, -0.25) is 0 Å². The molecule has 1 rings (SSSR count). The van der Waals surface area contributed by atoms with Gasteiger partial charge in [0.25, 0.3) is 0 Å². The number of nitrogens with one attached hydrogen (secondary N) is 1. The predicted molar refractivity (Wildman–Crippen MR) is 75.9 cm³/mol. The number of thiophene rings is 1. The van der Waals surface area contributed by atoms with E-state index in [9.17, 15) is 0 Å². The second kappa shape index (κ2) is 7.85. The fourth-order valence-corrected chi connectivity index (χ4v) is 2.50. The van der Waals surface area contributed by atoms with Crippen molar-refractivity contribution in [3.8, 4) is 0 Å². The average molecular weight is 255 g/mol. The molecule has 1 aromatic rings. The molecule has 0 bridgehead atoms. The maximum Gasteiger partial charge on any atom is 0.0590 e. The van der Waals surface area contributed by atoms with Crippen LogP contribution in [-0.4, -0.2) is 26.3 Å². The van der Waals surface area contributed by atoms with E-state index in [0.717, 1.165) is 26.3 Å². The molecular formula is C14H25NOS. The highest BCUT2D eigenvalue weighted by Gasteiger charge is 2.20. The summed E-state index contributed by atoms with van der Waals surface area (Å²) in [5.41, 5.74) is 0.220. The number of rotatable bonds is 9. The molecule has 0 spiro atoms. The average Bonchev–Trinajstić information content (AvgIpc) is 2.82. The fraction of sp³-hybridized carbons (Fsp3) is 0.714. The fourth-order valence-electron chi connectivity index (χ4n) is 1.64. The van der Waals surface area contributed by atoms with Crippen molar-refractivity contribution in [1.29, 1.82) is 0 Å². The Morgan fingerprint density at radius 2 is 2.18 bits per heavy atom. The van der Waals surface area contributed by atoms with E-state index in [1.165, 1.54) is 17.7 Å². The molecule has 1 aromatic heterocycles. The minimum absolute atomic E-state index is 0.220. The zero-order valence-corrected chi connectivity index (χ0v) is 12.1. The molecule has 0 unspecified atom stereocenters. The van der Waals surface area contributed by atoms with Gasteiger partial charge >= 0.3 is 0 Å². The van der Waals surface area contributed by atoms with E-state index in [2.05, 4.69) is 43.6 Å². The van der Waals surface area contributed by atoms with E-state index in [1.54, 1.807) is 0 Å². The number of hydrogen-bond acceptors (Lipinski definition) is 3. The summed E-state index contributed by atoms with van der Waals surface area (Å²) < 4.78 is 5.52. The second-order valence-corrected chi connectivity index (χ2v) is 5.95. The van der Waals surface area contributed by atoms with Gasteiger partial charge in [0.15, 0.2) is 0 Å². The van der Waals surface area contributed by atoms with Crippen molar-refractivity contribution < 1.29 is 4.74 Å². The first-order valence-electron chi connectivity index (χ1n) is 6.49. The third-order valence-electron chi connectivity index (χ3n) is 2.82. The minimum Gasteiger partial charge on any atom is -0.380 e. The molecule has 0 atom stereocenters. The number of unbranched alkanes of at least 4 members (excludes halogenated alkanes) is 1. The van der Waals surface area contributed by atoms with E-state index in [0.29, 0.717) is 0 Å². The summed E-state index contributed by atoms with van der Waals surface area (Å²) in [6.07, 6.45) is 2.37. The van der Waals surface area contributed by atoms with Crippen molar-refractivity contribution in [1.82, 2.24) is 5.32 Å². The van der Waals surface area contributed by atoms with Crippen molar-refractivity contribution in [2.45, 2.75) is 39.0 Å². The topological polar surface area (TPSA) is 21.3 Å². The van der Waals surface area contributed by atoms with Crippen LogP contribution in [0.5, 0.6) is 0 Å². The Morgan fingerprint density at radius 1 is 1.35 bits per heavy atom. The van der Waals surface area contributed by atoms with Crippen LogP contribution in [0, 0.1) is 0 Å². The van der Waals surface area contributed by atoms with Crippen molar-refractivity contribution in [2.24, 2.45) is 0 Å². The van der Waals surface area contributed by atoms with E-state index < -0.39 is 0 Å². The highest BCUT2D eigenvalue weighted by atomic mass is 32.1. The van der Waals surface area contributed by atoms with Gasteiger partial charge < -0.3 is 10.1 Å². The SMILES string of the molecule is CCCCOCCNCC(C)(C)c1cccs1. The van der Waals surface area contributed by atoms with Gasteiger partial charge in [0.2, 0.25) is 0 Å². The smallest absolute Gasteiger partial charge is 0.0590 e. The predicted octanol–water partition coefficient (Wildman–Crippen LogP) is 3.43. The van der Waals surface area contributed by atoms with Gasteiger partial charge in [0.1, 0.15) is 0 Å². The summed E-state index contributed by atoms with van der Waals surface area (Å²) in [6.45, 7) is 10.4. The summed E-state index contributed by atoms with van der Waals surface area (Å²) in [4.78, 5) is 1.44. The Balaban J connectivity index is 2.10. The molecule has 0 amide bonds. The molecule has 0 saturated heterocycles. The Labute approximate surface area is 109 Å². The van der Waals surface area contributed by atoms with Crippen molar-refractivity contribution >= 4 is 11.3 Å². The van der Waals surface area contributed by atoms with Crippen LogP contribution in [-0.2, 0) is 10.2 Å². The zero-order valence-electron chi connectivity index (χ0n) is 11.3. The minimum atomic E-state index is 0.220. The van der Waals surface area contributed by atoms with Crippen LogP contribution in [0.15, 0.2) is 17.5 Å². The lowest BCUT2D eigenvalue weighted by Gasteiger charge is -2.23. The van der Waals surface area contributed by atoms with Gasteiger partial charge in [-0.1, -0.05) is 33.3 Å². The van der Waals surface area contributed by atoms with Crippen LogP contribution < -0.4 is 5.32 Å². The molecule has 0 aromatic carbocycles. The van der Waals surface area contributed by atoms with Gasteiger partial charge in [0.05, 0.1) is 6.61 Å². The van der Waals surface area contributed by atoms with E-state index >= 15 is 0 Å². The van der Waals surface area contributed by atoms with Crippen LogP contribution in [0.1, 0.15) is 38.5 Å². The van der Waals surface area contributed by atoms with Crippen molar-refractivity contribution in [3.63, 3.8) is 0 Å². The quantitative estimate of drug-likeness (QED) is 0.683. The molecule has 0 aliphatic carbocycles. The van der Waals surface area contributed by atoms with E-state index in [1.807, 2.05) is 11.3 Å². The van der Waals surface area contributed by atoms with Gasteiger partial charge in [-0.05, 0) is 17.9 Å². The molecule has 3 heteroatoms. The molecular weight excluding hydrogens is 230 g/mol. The van der Waals surface area contributed by atoms with E-state index in [4.69, 9.17) is 4.74 Å². The summed E-state index contributed by atoms with van der Waals surface area (Å²) >= 11 is 1.83. The van der Waals surface area contributed by atoms with Gasteiger partial charge in [-0.25, -0.2) is 0 Å². The van der Waals surface area contributed by atoms with Crippen LogP contribution in [0.2, 0.25) is 0 Å². The van der Waals surface area contributed by atoms with Crippen molar-refractivity contribution in [2.75, 3.05) is 26.3 Å². The van der Waals surface area contributed by atoms with Crippen LogP contribution >= 0.6 is 11.3 Å². The van der Waals surface area contributed by atoms with Crippen LogP contribution in [0.3, 0.4) is 0 Å². The summed E-state index contributed by atoms with van der Waals surface area (Å²) in [7, 11) is 0. The molecule has 0 fully saturated rings. The molecule has 98 valence electrons. The van der Waals surface area contributed by atoms with Gasteiger partial charge in [-0.15, -0.1) is 11.3 Å². The highest BCUT2D eigenvalue weighted by molar-refractivity contribution is 7.10. The largest absolute Gasteiger partial charge is 0.380 e. The maximum atomic E-state index is 5.52. The molecule has 0 aliphatic heterocycles. The maximum absolute atomic E-state index is 5.52. The molecule has 0 radical (unpaired) electrons. The second-order valence-electron chi connectivity index (χ2n) is 5.00. The normalized spacial score (nSPS) is 11.9. The Morgan fingerprint density at radius 3 is 2.82 bits per heavy atom. The lowest BCUT2D eigenvalue weighted by atomic mass is 9.91. The third kappa shape index (κ3) is 5.66. The molecule has 2 nitrogen and oxygen atoms in total. The lowest BCUT2D eigenvalue weighted by Crippen LogP contribution is -2.34. The van der Waals surface area contributed by atoms with E-state index in [-0.39, 0.29) is 5.41 Å². The summed E-state index contributed by atoms with van der Waals surface area (Å²) in [5, 5.41) is 5.62. The first kappa shape index (κ1) is 14.7. The monoisotopic (exact) mass is 255 g/mol. The molecule has 0 aliphatic rings. The highest BCUT2D eigenvalue weighted by Crippen LogP contribution is 2.26. The lowest BCUT2D eigenvalue weighted by molar-refractivity contribution is 0.132. The Hall–Kier alpha value is -0.380. The summed E-state index contributed by atoms with van der Waals surface area (Å²) in [6, 6.07) is 4.33.